The van der Waals surface area contributed by atoms with Gasteiger partial charge < -0.3 is 29.7 Å². The van der Waals surface area contributed by atoms with Crippen LogP contribution in [-0.2, 0) is 6.42 Å². The van der Waals surface area contributed by atoms with Crippen LogP contribution in [-0.4, -0.2) is 48.1 Å². The molecule has 4 rings (SSSR count). The van der Waals surface area contributed by atoms with E-state index in [4.69, 9.17) is 19.3 Å². The number of aromatic carboxylic acids is 1. The van der Waals surface area contributed by atoms with Crippen LogP contribution in [0.15, 0.2) is 72.8 Å². The fourth-order valence-corrected chi connectivity index (χ4v) is 3.61. The van der Waals surface area contributed by atoms with Crippen LogP contribution >= 0.6 is 0 Å². The Hall–Kier alpha value is -3.55. The van der Waals surface area contributed by atoms with E-state index in [0.717, 1.165) is 29.9 Å². The summed E-state index contributed by atoms with van der Waals surface area (Å²) in [6.45, 7) is 1.29. The first-order valence-corrected chi connectivity index (χ1v) is 10.9. The molecule has 0 radical (unpaired) electrons. The van der Waals surface area contributed by atoms with Gasteiger partial charge in [0.25, 0.3) is 0 Å². The molecule has 0 aliphatic carbocycles. The predicted octanol–water partition coefficient (Wildman–Crippen LogP) is 3.90. The first-order valence-electron chi connectivity index (χ1n) is 10.9. The first-order chi connectivity index (χ1) is 16.1. The maximum atomic E-state index is 11.0. The standard InChI is InChI=1S/C26H27NO6/c28-20(17-31-21-4-2-1-3-5-21)15-27-16-24-11-8-19-14-23(12-13-25(19)33-24)32-22-9-6-18(7-10-22)26(29)30/h1-7,9-10,12-14,20,24,27-28H,8,11,15-17H2,(H,29,30)/t20-,24+/m0/s1. The molecule has 33 heavy (non-hydrogen) atoms. The highest BCUT2D eigenvalue weighted by molar-refractivity contribution is 5.87. The van der Waals surface area contributed by atoms with E-state index in [1.807, 2.05) is 48.5 Å². The lowest BCUT2D eigenvalue weighted by atomic mass is 10.0. The Bertz CT molecular complexity index is 1050. The SMILES string of the molecule is O=C(O)c1ccc(Oc2ccc3c(c2)CC[C@H](CNC[C@H](O)COc2ccccc2)O3)cc1. The van der Waals surface area contributed by atoms with E-state index in [9.17, 15) is 9.90 Å². The van der Waals surface area contributed by atoms with Gasteiger partial charge in [-0.1, -0.05) is 18.2 Å². The minimum Gasteiger partial charge on any atom is -0.491 e. The van der Waals surface area contributed by atoms with Gasteiger partial charge in [0.1, 0.15) is 41.8 Å². The number of rotatable bonds is 10. The topological polar surface area (TPSA) is 97.3 Å². The first kappa shape index (κ1) is 22.6. The molecule has 0 fully saturated rings. The monoisotopic (exact) mass is 449 g/mol. The number of carboxylic acids is 1. The number of benzene rings is 3. The lowest BCUT2D eigenvalue weighted by molar-refractivity contribution is 0.0697. The molecule has 0 aromatic heterocycles. The van der Waals surface area contributed by atoms with Gasteiger partial charge in [0.2, 0.25) is 0 Å². The van der Waals surface area contributed by atoms with Crippen molar-refractivity contribution in [2.75, 3.05) is 19.7 Å². The summed E-state index contributed by atoms with van der Waals surface area (Å²) in [6.07, 6.45) is 1.13. The highest BCUT2D eigenvalue weighted by atomic mass is 16.5. The molecule has 0 bridgehead atoms. The fourth-order valence-electron chi connectivity index (χ4n) is 3.61. The zero-order valence-corrected chi connectivity index (χ0v) is 18.1. The number of para-hydroxylation sites is 1. The number of nitrogens with one attached hydrogen (secondary N) is 1. The molecule has 0 saturated carbocycles. The predicted molar refractivity (Wildman–Crippen MR) is 123 cm³/mol. The number of hydrogen-bond acceptors (Lipinski definition) is 6. The second kappa shape index (κ2) is 10.8. The minimum atomic E-state index is -0.966. The van der Waals surface area contributed by atoms with Gasteiger partial charge >= 0.3 is 5.97 Å². The van der Waals surface area contributed by atoms with Crippen molar-refractivity contribution in [1.29, 1.82) is 0 Å². The number of carboxylic acid groups (broad SMARTS) is 1. The van der Waals surface area contributed by atoms with Crippen molar-refractivity contribution < 1.29 is 29.2 Å². The number of fused-ring (bicyclic) bond motifs is 1. The molecule has 7 nitrogen and oxygen atoms in total. The Morgan fingerprint density at radius 1 is 1.03 bits per heavy atom. The van der Waals surface area contributed by atoms with E-state index in [1.54, 1.807) is 12.1 Å². The van der Waals surface area contributed by atoms with E-state index in [1.165, 1.54) is 12.1 Å². The molecule has 7 heteroatoms. The summed E-state index contributed by atoms with van der Waals surface area (Å²) in [6, 6.07) is 21.4. The molecule has 2 atom stereocenters. The summed E-state index contributed by atoms with van der Waals surface area (Å²) < 4.78 is 17.5. The van der Waals surface area contributed by atoms with Crippen LogP contribution in [0.5, 0.6) is 23.0 Å². The van der Waals surface area contributed by atoms with Crippen molar-refractivity contribution in [3.63, 3.8) is 0 Å². The van der Waals surface area contributed by atoms with Gasteiger partial charge in [-0.3, -0.25) is 0 Å². The van der Waals surface area contributed by atoms with E-state index in [2.05, 4.69) is 5.32 Å². The molecule has 1 aliphatic rings. The van der Waals surface area contributed by atoms with Gasteiger partial charge in [0.15, 0.2) is 0 Å². The molecular weight excluding hydrogens is 422 g/mol. The number of aliphatic hydroxyl groups excluding tert-OH is 1. The summed E-state index contributed by atoms with van der Waals surface area (Å²) in [4.78, 5) is 11.0. The van der Waals surface area contributed by atoms with Crippen LogP contribution in [0.3, 0.4) is 0 Å². The summed E-state index contributed by atoms with van der Waals surface area (Å²) in [7, 11) is 0. The molecule has 0 spiro atoms. The van der Waals surface area contributed by atoms with Crippen molar-refractivity contribution >= 4 is 5.97 Å². The quantitative estimate of drug-likeness (QED) is 0.432. The smallest absolute Gasteiger partial charge is 0.335 e. The molecule has 3 N–H and O–H groups in total. The number of aryl methyl sites for hydroxylation is 1. The Kier molecular flexibility index (Phi) is 7.44. The third kappa shape index (κ3) is 6.47. The average Bonchev–Trinajstić information content (AvgIpc) is 2.84. The number of carbonyl (C=O) groups is 1. The van der Waals surface area contributed by atoms with E-state index in [-0.39, 0.29) is 18.3 Å². The van der Waals surface area contributed by atoms with Crippen molar-refractivity contribution in [3.05, 3.63) is 83.9 Å². The fraction of sp³-hybridized carbons (Fsp3) is 0.269. The van der Waals surface area contributed by atoms with Gasteiger partial charge in [-0.25, -0.2) is 4.79 Å². The van der Waals surface area contributed by atoms with Gasteiger partial charge in [-0.2, -0.15) is 0 Å². The minimum absolute atomic E-state index is 0.0232. The maximum absolute atomic E-state index is 11.0. The van der Waals surface area contributed by atoms with Gasteiger partial charge in [-0.05, 0) is 73.0 Å². The van der Waals surface area contributed by atoms with Crippen LogP contribution in [0.4, 0.5) is 0 Å². The Morgan fingerprint density at radius 2 is 1.79 bits per heavy atom. The molecule has 1 aliphatic heterocycles. The lowest BCUT2D eigenvalue weighted by Gasteiger charge is -2.27. The summed E-state index contributed by atoms with van der Waals surface area (Å²) >= 11 is 0. The van der Waals surface area contributed by atoms with Crippen LogP contribution in [0.2, 0.25) is 0 Å². The Morgan fingerprint density at radius 3 is 2.55 bits per heavy atom. The van der Waals surface area contributed by atoms with Crippen LogP contribution in [0, 0.1) is 0 Å². The molecule has 1 heterocycles. The maximum Gasteiger partial charge on any atom is 0.335 e. The number of aliphatic hydroxyl groups is 1. The Balaban J connectivity index is 1.22. The summed E-state index contributed by atoms with van der Waals surface area (Å²) in [5, 5.41) is 22.4. The number of ether oxygens (including phenoxy) is 3. The third-order valence-electron chi connectivity index (χ3n) is 5.34. The van der Waals surface area contributed by atoms with Crippen molar-refractivity contribution in [2.24, 2.45) is 0 Å². The van der Waals surface area contributed by atoms with Crippen LogP contribution in [0.25, 0.3) is 0 Å². The van der Waals surface area contributed by atoms with Gasteiger partial charge in [0.05, 0.1) is 5.56 Å². The van der Waals surface area contributed by atoms with Crippen molar-refractivity contribution in [2.45, 2.75) is 25.0 Å². The van der Waals surface area contributed by atoms with Gasteiger partial charge in [0, 0.05) is 13.1 Å². The Labute approximate surface area is 192 Å². The second-order valence-electron chi connectivity index (χ2n) is 7.92. The van der Waals surface area contributed by atoms with E-state index < -0.39 is 12.1 Å². The van der Waals surface area contributed by atoms with E-state index >= 15 is 0 Å². The molecular formula is C26H27NO6. The molecule has 3 aromatic carbocycles. The van der Waals surface area contributed by atoms with Crippen molar-refractivity contribution in [1.82, 2.24) is 5.32 Å². The van der Waals surface area contributed by atoms with Crippen LogP contribution < -0.4 is 19.5 Å². The molecule has 172 valence electrons. The highest BCUT2D eigenvalue weighted by Crippen LogP contribution is 2.32. The van der Waals surface area contributed by atoms with Crippen molar-refractivity contribution in [3.8, 4) is 23.0 Å². The summed E-state index contributed by atoms with van der Waals surface area (Å²) in [5.74, 6) is 1.86. The van der Waals surface area contributed by atoms with E-state index in [0.29, 0.717) is 24.6 Å². The second-order valence-corrected chi connectivity index (χ2v) is 7.92. The average molecular weight is 450 g/mol. The molecule has 0 amide bonds. The van der Waals surface area contributed by atoms with Crippen LogP contribution in [0.1, 0.15) is 22.3 Å². The normalized spacial score (nSPS) is 15.7. The largest absolute Gasteiger partial charge is 0.491 e. The molecule has 0 saturated heterocycles. The van der Waals surface area contributed by atoms with Gasteiger partial charge in [-0.15, -0.1) is 0 Å². The molecule has 3 aromatic rings. The highest BCUT2D eigenvalue weighted by Gasteiger charge is 2.20. The lowest BCUT2D eigenvalue weighted by Crippen LogP contribution is -2.39. The zero-order valence-electron chi connectivity index (χ0n) is 18.1. The molecule has 0 unspecified atom stereocenters. The summed E-state index contributed by atoms with van der Waals surface area (Å²) in [5.41, 5.74) is 1.29. The zero-order chi connectivity index (χ0) is 23.0. The third-order valence-corrected chi connectivity index (χ3v) is 5.34. The number of hydrogen-bond donors (Lipinski definition) is 3.